The molecule has 3 rings (SSSR count). The quantitative estimate of drug-likeness (QED) is 0.891. The van der Waals surface area contributed by atoms with Crippen molar-refractivity contribution in [3.05, 3.63) is 21.6 Å². The van der Waals surface area contributed by atoms with Crippen LogP contribution < -0.4 is 16.6 Å². The molecule has 2 aliphatic carbocycles. The Morgan fingerprint density at radius 2 is 2.10 bits per heavy atom. The molecule has 110 valence electrons. The summed E-state index contributed by atoms with van der Waals surface area (Å²) in [7, 11) is 0. The lowest BCUT2D eigenvalue weighted by atomic mass is 9.85. The highest BCUT2D eigenvalue weighted by Crippen LogP contribution is 2.28. The molecular weight excluding hydrogens is 276 g/mol. The number of halogens is 1. The number of nitrogens with zero attached hydrogens (tertiary/aromatic N) is 2. The molecule has 2 saturated carbocycles. The number of nitrogens with one attached hydrogen (secondary N) is 1. The number of anilines is 1. The summed E-state index contributed by atoms with van der Waals surface area (Å²) in [5.41, 5.74) is 6.39. The van der Waals surface area contributed by atoms with Crippen molar-refractivity contribution in [2.45, 2.75) is 57.2 Å². The Morgan fingerprint density at radius 1 is 1.35 bits per heavy atom. The Labute approximate surface area is 123 Å². The van der Waals surface area contributed by atoms with Gasteiger partial charge in [0.1, 0.15) is 5.69 Å². The van der Waals surface area contributed by atoms with Gasteiger partial charge < -0.3 is 11.1 Å². The zero-order valence-electron chi connectivity index (χ0n) is 11.5. The molecule has 2 atom stereocenters. The van der Waals surface area contributed by atoms with E-state index in [4.69, 9.17) is 17.3 Å². The third-order valence-electron chi connectivity index (χ3n) is 4.55. The first-order valence-electron chi connectivity index (χ1n) is 7.43. The van der Waals surface area contributed by atoms with Gasteiger partial charge >= 0.3 is 0 Å². The SMILES string of the molecule is NC1CCCC1Nc1c(Cl)cnn(CC2CCC2)c1=O. The second-order valence-electron chi connectivity index (χ2n) is 6.00. The van der Waals surface area contributed by atoms with E-state index in [2.05, 4.69) is 10.4 Å². The summed E-state index contributed by atoms with van der Waals surface area (Å²) in [6.45, 7) is 0.696. The molecule has 0 spiro atoms. The minimum absolute atomic E-state index is 0.0960. The van der Waals surface area contributed by atoms with Crippen molar-refractivity contribution in [1.29, 1.82) is 0 Å². The molecule has 2 unspecified atom stereocenters. The van der Waals surface area contributed by atoms with Gasteiger partial charge in [0.15, 0.2) is 0 Å². The molecule has 5 nitrogen and oxygen atoms in total. The summed E-state index contributed by atoms with van der Waals surface area (Å²) in [5.74, 6) is 0.586. The molecule has 2 aliphatic rings. The van der Waals surface area contributed by atoms with Crippen molar-refractivity contribution < 1.29 is 0 Å². The van der Waals surface area contributed by atoms with Crippen LogP contribution in [0.5, 0.6) is 0 Å². The maximum Gasteiger partial charge on any atom is 0.291 e. The molecule has 0 aliphatic heterocycles. The maximum absolute atomic E-state index is 12.5. The first-order valence-corrected chi connectivity index (χ1v) is 7.80. The van der Waals surface area contributed by atoms with Crippen LogP contribution in [0.4, 0.5) is 5.69 Å². The first kappa shape index (κ1) is 13.9. The normalized spacial score (nSPS) is 26.5. The molecule has 0 aromatic carbocycles. The molecule has 1 aromatic rings. The molecule has 0 amide bonds. The summed E-state index contributed by atoms with van der Waals surface area (Å²) in [5, 5.41) is 7.79. The van der Waals surface area contributed by atoms with E-state index in [-0.39, 0.29) is 17.6 Å². The molecule has 0 bridgehead atoms. The monoisotopic (exact) mass is 296 g/mol. The minimum atomic E-state index is -0.122. The highest BCUT2D eigenvalue weighted by Gasteiger charge is 2.26. The van der Waals surface area contributed by atoms with Crippen LogP contribution in [0, 0.1) is 5.92 Å². The smallest absolute Gasteiger partial charge is 0.291 e. The second-order valence-corrected chi connectivity index (χ2v) is 6.40. The summed E-state index contributed by atoms with van der Waals surface area (Å²) >= 11 is 6.13. The lowest BCUT2D eigenvalue weighted by Gasteiger charge is -2.26. The lowest BCUT2D eigenvalue weighted by molar-refractivity contribution is 0.262. The molecule has 0 saturated heterocycles. The van der Waals surface area contributed by atoms with Crippen LogP contribution in [0.15, 0.2) is 11.0 Å². The van der Waals surface area contributed by atoms with Crippen molar-refractivity contribution in [1.82, 2.24) is 9.78 Å². The highest BCUT2D eigenvalue weighted by atomic mass is 35.5. The zero-order valence-corrected chi connectivity index (χ0v) is 12.3. The minimum Gasteiger partial charge on any atom is -0.375 e. The second kappa shape index (κ2) is 5.74. The average Bonchev–Trinajstić information content (AvgIpc) is 2.77. The number of hydrogen-bond donors (Lipinski definition) is 2. The standard InChI is InChI=1S/C14H21ClN4O/c15-10-7-17-19(8-9-3-1-4-9)14(20)13(10)18-12-6-2-5-11(12)16/h7,9,11-12,18H,1-6,8,16H2. The van der Waals surface area contributed by atoms with Gasteiger partial charge in [-0.1, -0.05) is 18.0 Å². The van der Waals surface area contributed by atoms with Gasteiger partial charge in [-0.15, -0.1) is 0 Å². The highest BCUT2D eigenvalue weighted by molar-refractivity contribution is 6.33. The summed E-state index contributed by atoms with van der Waals surface area (Å²) in [4.78, 5) is 12.5. The fraction of sp³-hybridized carbons (Fsp3) is 0.714. The predicted octanol–water partition coefficient (Wildman–Crippen LogP) is 1.99. The van der Waals surface area contributed by atoms with E-state index in [0.717, 1.165) is 19.3 Å². The fourth-order valence-electron chi connectivity index (χ4n) is 3.00. The molecule has 3 N–H and O–H groups in total. The van der Waals surface area contributed by atoms with Gasteiger partial charge in [0.05, 0.1) is 11.2 Å². The first-order chi connectivity index (χ1) is 9.65. The van der Waals surface area contributed by atoms with Gasteiger partial charge in [-0.3, -0.25) is 4.79 Å². The maximum atomic E-state index is 12.5. The Morgan fingerprint density at radius 3 is 2.70 bits per heavy atom. The van der Waals surface area contributed by atoms with Crippen molar-refractivity contribution in [2.24, 2.45) is 11.7 Å². The largest absolute Gasteiger partial charge is 0.375 e. The van der Waals surface area contributed by atoms with E-state index in [0.29, 0.717) is 23.2 Å². The Bertz CT molecular complexity index is 540. The van der Waals surface area contributed by atoms with E-state index in [1.165, 1.54) is 19.3 Å². The van der Waals surface area contributed by atoms with Gasteiger partial charge in [0.2, 0.25) is 0 Å². The predicted molar refractivity (Wildman–Crippen MR) is 80.1 cm³/mol. The van der Waals surface area contributed by atoms with Gasteiger partial charge in [-0.25, -0.2) is 4.68 Å². The third kappa shape index (κ3) is 2.69. The lowest BCUT2D eigenvalue weighted by Crippen LogP contribution is -2.38. The number of rotatable bonds is 4. The number of hydrogen-bond acceptors (Lipinski definition) is 4. The topological polar surface area (TPSA) is 72.9 Å². The fourth-order valence-corrected chi connectivity index (χ4v) is 3.18. The Hall–Kier alpha value is -1.07. The summed E-state index contributed by atoms with van der Waals surface area (Å²) < 4.78 is 1.54. The molecule has 1 aromatic heterocycles. The van der Waals surface area contributed by atoms with Crippen LogP contribution in [0.1, 0.15) is 38.5 Å². The van der Waals surface area contributed by atoms with Crippen LogP contribution in [0.25, 0.3) is 0 Å². The van der Waals surface area contributed by atoms with Crippen molar-refractivity contribution >= 4 is 17.3 Å². The van der Waals surface area contributed by atoms with Gasteiger partial charge in [-0.2, -0.15) is 5.10 Å². The van der Waals surface area contributed by atoms with Crippen LogP contribution in [0.3, 0.4) is 0 Å². The molecule has 2 fully saturated rings. The molecule has 6 heteroatoms. The van der Waals surface area contributed by atoms with E-state index >= 15 is 0 Å². The van der Waals surface area contributed by atoms with E-state index in [1.54, 1.807) is 10.9 Å². The molecular formula is C14H21ClN4O. The average molecular weight is 297 g/mol. The molecule has 0 radical (unpaired) electrons. The van der Waals surface area contributed by atoms with Crippen LogP contribution in [-0.2, 0) is 6.54 Å². The van der Waals surface area contributed by atoms with Gasteiger partial charge in [0, 0.05) is 18.6 Å². The third-order valence-corrected chi connectivity index (χ3v) is 4.84. The van der Waals surface area contributed by atoms with E-state index in [1.807, 2.05) is 0 Å². The van der Waals surface area contributed by atoms with Crippen molar-refractivity contribution in [3.8, 4) is 0 Å². The van der Waals surface area contributed by atoms with Crippen LogP contribution in [-0.4, -0.2) is 21.9 Å². The van der Waals surface area contributed by atoms with Crippen LogP contribution >= 0.6 is 11.6 Å². The van der Waals surface area contributed by atoms with E-state index in [9.17, 15) is 4.79 Å². The Kier molecular flexibility index (Phi) is 3.98. The number of nitrogens with two attached hydrogens (primary N) is 1. The number of aromatic nitrogens is 2. The van der Waals surface area contributed by atoms with Crippen LogP contribution in [0.2, 0.25) is 5.02 Å². The molecule has 20 heavy (non-hydrogen) atoms. The summed E-state index contributed by atoms with van der Waals surface area (Å²) in [6, 6.07) is 0.235. The van der Waals surface area contributed by atoms with Gasteiger partial charge in [-0.05, 0) is 38.0 Å². The zero-order chi connectivity index (χ0) is 14.1. The van der Waals surface area contributed by atoms with E-state index < -0.39 is 0 Å². The van der Waals surface area contributed by atoms with Crippen molar-refractivity contribution in [3.63, 3.8) is 0 Å². The summed E-state index contributed by atoms with van der Waals surface area (Å²) in [6.07, 6.45) is 8.27. The Balaban J connectivity index is 1.81. The van der Waals surface area contributed by atoms with Crippen molar-refractivity contribution in [2.75, 3.05) is 5.32 Å². The molecule has 1 heterocycles. The van der Waals surface area contributed by atoms with Gasteiger partial charge in [0.25, 0.3) is 5.56 Å².